The van der Waals surface area contributed by atoms with Crippen molar-refractivity contribution in [1.82, 2.24) is 20.9 Å². The standard InChI is InChI=1S/C21H36N4O4/c26-18-11-9-17(10-12-18)22-14-19-23-21(29-25-19)16(13-20(27)24-28)8-4-7-15-5-2-1-3-6-15/h15-18,22,26,28H,1-14H2,(H,24,27)/t16-,17?,18?/m1/s1. The topological polar surface area (TPSA) is 121 Å². The predicted molar refractivity (Wildman–Crippen MR) is 107 cm³/mol. The van der Waals surface area contributed by atoms with E-state index in [0.717, 1.165) is 44.4 Å². The molecule has 2 aliphatic carbocycles. The zero-order chi connectivity index (χ0) is 20.5. The number of aliphatic hydroxyl groups excluding tert-OH is 1. The second-order valence-corrected chi connectivity index (χ2v) is 8.81. The Labute approximate surface area is 172 Å². The van der Waals surface area contributed by atoms with Gasteiger partial charge >= 0.3 is 0 Å². The molecule has 0 saturated heterocycles. The Balaban J connectivity index is 1.49. The first-order valence-corrected chi connectivity index (χ1v) is 11.3. The van der Waals surface area contributed by atoms with Crippen molar-refractivity contribution in [2.75, 3.05) is 0 Å². The van der Waals surface area contributed by atoms with Crippen LogP contribution in [-0.2, 0) is 11.3 Å². The Bertz CT molecular complexity index is 610. The minimum Gasteiger partial charge on any atom is -0.393 e. The van der Waals surface area contributed by atoms with E-state index in [4.69, 9.17) is 9.73 Å². The summed E-state index contributed by atoms with van der Waals surface area (Å²) >= 11 is 0. The maximum absolute atomic E-state index is 11.7. The van der Waals surface area contributed by atoms with Crippen molar-refractivity contribution in [2.45, 2.75) is 108 Å². The minimum absolute atomic E-state index is 0.150. The fourth-order valence-corrected chi connectivity index (χ4v) is 4.73. The van der Waals surface area contributed by atoms with E-state index < -0.39 is 5.91 Å². The first-order valence-electron chi connectivity index (χ1n) is 11.3. The summed E-state index contributed by atoms with van der Waals surface area (Å²) in [5, 5.41) is 26.0. The number of hydrogen-bond acceptors (Lipinski definition) is 7. The molecule has 1 aromatic rings. The molecule has 1 heterocycles. The molecule has 1 aromatic heterocycles. The van der Waals surface area contributed by atoms with Crippen LogP contribution in [0, 0.1) is 5.92 Å². The molecular weight excluding hydrogens is 372 g/mol. The Kier molecular flexibility index (Phi) is 8.89. The monoisotopic (exact) mass is 408 g/mol. The highest BCUT2D eigenvalue weighted by atomic mass is 16.5. The number of nitrogens with zero attached hydrogens (tertiary/aromatic N) is 2. The lowest BCUT2D eigenvalue weighted by Crippen LogP contribution is -2.34. The van der Waals surface area contributed by atoms with Gasteiger partial charge in [0.2, 0.25) is 11.8 Å². The molecule has 0 bridgehead atoms. The summed E-state index contributed by atoms with van der Waals surface area (Å²) in [6.07, 6.45) is 13.2. The van der Waals surface area contributed by atoms with Gasteiger partial charge in [0.25, 0.3) is 0 Å². The third kappa shape index (κ3) is 7.35. The number of aliphatic hydroxyl groups is 1. The average Bonchev–Trinajstić information content (AvgIpc) is 3.22. The average molecular weight is 409 g/mol. The van der Waals surface area contributed by atoms with Gasteiger partial charge in [-0.15, -0.1) is 0 Å². The molecule has 1 amide bonds. The molecule has 0 radical (unpaired) electrons. The minimum atomic E-state index is -0.425. The quantitative estimate of drug-likeness (QED) is 0.346. The molecule has 2 saturated carbocycles. The van der Waals surface area contributed by atoms with Gasteiger partial charge < -0.3 is 14.9 Å². The zero-order valence-electron chi connectivity index (χ0n) is 17.3. The second kappa shape index (κ2) is 11.6. The Morgan fingerprint density at radius 1 is 1.14 bits per heavy atom. The molecule has 2 fully saturated rings. The SMILES string of the molecule is O=C(C[C@@H](CCCC1CCCCC1)c1nc(CNC2CCC(O)CC2)no1)NO. The van der Waals surface area contributed by atoms with E-state index in [9.17, 15) is 9.90 Å². The first kappa shape index (κ1) is 22.2. The van der Waals surface area contributed by atoms with Crippen LogP contribution in [0.25, 0.3) is 0 Å². The van der Waals surface area contributed by atoms with E-state index in [1.807, 2.05) is 0 Å². The summed E-state index contributed by atoms with van der Waals surface area (Å²) in [6, 6.07) is 0.367. The number of amides is 1. The van der Waals surface area contributed by atoms with E-state index >= 15 is 0 Å². The predicted octanol–water partition coefficient (Wildman–Crippen LogP) is 3.19. The summed E-state index contributed by atoms with van der Waals surface area (Å²) in [5.41, 5.74) is 1.72. The van der Waals surface area contributed by atoms with Gasteiger partial charge in [-0.25, -0.2) is 5.48 Å². The van der Waals surface area contributed by atoms with Gasteiger partial charge in [-0.05, 0) is 38.0 Å². The maximum atomic E-state index is 11.7. The van der Waals surface area contributed by atoms with Crippen LogP contribution >= 0.6 is 0 Å². The molecule has 0 spiro atoms. The summed E-state index contributed by atoms with van der Waals surface area (Å²) in [7, 11) is 0. The van der Waals surface area contributed by atoms with E-state index in [1.54, 1.807) is 5.48 Å². The van der Waals surface area contributed by atoms with Gasteiger partial charge in [0.05, 0.1) is 12.6 Å². The van der Waals surface area contributed by atoms with Crippen molar-refractivity contribution in [2.24, 2.45) is 5.92 Å². The van der Waals surface area contributed by atoms with Crippen LogP contribution in [0.3, 0.4) is 0 Å². The Morgan fingerprint density at radius 2 is 1.90 bits per heavy atom. The lowest BCUT2D eigenvalue weighted by Gasteiger charge is -2.25. The molecule has 0 unspecified atom stereocenters. The largest absolute Gasteiger partial charge is 0.393 e. The lowest BCUT2D eigenvalue weighted by atomic mass is 9.84. The fourth-order valence-electron chi connectivity index (χ4n) is 4.73. The van der Waals surface area contributed by atoms with E-state index in [0.29, 0.717) is 24.3 Å². The van der Waals surface area contributed by atoms with Crippen molar-refractivity contribution in [3.8, 4) is 0 Å². The molecule has 2 aliphatic rings. The van der Waals surface area contributed by atoms with E-state index in [2.05, 4.69) is 15.5 Å². The molecule has 29 heavy (non-hydrogen) atoms. The van der Waals surface area contributed by atoms with Crippen molar-refractivity contribution < 1.29 is 19.6 Å². The van der Waals surface area contributed by atoms with Gasteiger partial charge in [0.1, 0.15) is 0 Å². The van der Waals surface area contributed by atoms with Gasteiger partial charge in [-0.2, -0.15) is 4.98 Å². The molecule has 8 heteroatoms. The molecule has 0 aliphatic heterocycles. The number of rotatable bonds is 10. The molecule has 164 valence electrons. The van der Waals surface area contributed by atoms with Crippen molar-refractivity contribution in [3.63, 3.8) is 0 Å². The van der Waals surface area contributed by atoms with E-state index in [-0.39, 0.29) is 18.4 Å². The molecular formula is C21H36N4O4. The van der Waals surface area contributed by atoms with Crippen molar-refractivity contribution in [3.05, 3.63) is 11.7 Å². The fraction of sp³-hybridized carbons (Fsp3) is 0.857. The number of aromatic nitrogens is 2. The third-order valence-corrected chi connectivity index (χ3v) is 6.52. The maximum Gasteiger partial charge on any atom is 0.244 e. The smallest absolute Gasteiger partial charge is 0.244 e. The van der Waals surface area contributed by atoms with Crippen LogP contribution in [0.5, 0.6) is 0 Å². The highest BCUT2D eigenvalue weighted by Crippen LogP contribution is 2.31. The molecule has 3 rings (SSSR count). The molecule has 8 nitrogen and oxygen atoms in total. The normalized spacial score (nSPS) is 24.3. The first-order chi connectivity index (χ1) is 14.1. The van der Waals surface area contributed by atoms with Gasteiger partial charge in [0, 0.05) is 18.4 Å². The zero-order valence-corrected chi connectivity index (χ0v) is 17.3. The number of nitrogens with one attached hydrogen (secondary N) is 2. The molecule has 0 aromatic carbocycles. The van der Waals surface area contributed by atoms with E-state index in [1.165, 1.54) is 38.5 Å². The van der Waals surface area contributed by atoms with Crippen LogP contribution < -0.4 is 10.8 Å². The van der Waals surface area contributed by atoms with Crippen molar-refractivity contribution >= 4 is 5.91 Å². The van der Waals surface area contributed by atoms with Crippen LogP contribution in [0.15, 0.2) is 4.52 Å². The van der Waals surface area contributed by atoms with Gasteiger partial charge in [-0.3, -0.25) is 10.0 Å². The van der Waals surface area contributed by atoms with Crippen LogP contribution in [0.1, 0.15) is 101 Å². The highest BCUT2D eigenvalue weighted by Gasteiger charge is 2.24. The highest BCUT2D eigenvalue weighted by molar-refractivity contribution is 5.75. The number of carbonyl (C=O) groups is 1. The molecule has 1 atom stereocenters. The second-order valence-electron chi connectivity index (χ2n) is 8.81. The number of carbonyl (C=O) groups excluding carboxylic acids is 1. The lowest BCUT2D eigenvalue weighted by molar-refractivity contribution is -0.129. The summed E-state index contributed by atoms with van der Waals surface area (Å²) in [5.74, 6) is 1.27. The van der Waals surface area contributed by atoms with Crippen molar-refractivity contribution in [1.29, 1.82) is 0 Å². The number of hydrogen-bond donors (Lipinski definition) is 4. The van der Waals surface area contributed by atoms with Crippen LogP contribution in [0.2, 0.25) is 0 Å². The van der Waals surface area contributed by atoms with Crippen LogP contribution in [-0.4, -0.2) is 38.5 Å². The van der Waals surface area contributed by atoms with Gasteiger partial charge in [0.15, 0.2) is 5.82 Å². The summed E-state index contributed by atoms with van der Waals surface area (Å²) in [4.78, 5) is 16.3. The van der Waals surface area contributed by atoms with Gasteiger partial charge in [-0.1, -0.05) is 50.1 Å². The number of hydroxylamine groups is 1. The van der Waals surface area contributed by atoms with Crippen LogP contribution in [0.4, 0.5) is 0 Å². The summed E-state index contributed by atoms with van der Waals surface area (Å²) in [6.45, 7) is 0.519. The summed E-state index contributed by atoms with van der Waals surface area (Å²) < 4.78 is 5.47. The molecule has 4 N–H and O–H groups in total. The third-order valence-electron chi connectivity index (χ3n) is 6.52. The Hall–Kier alpha value is -1.51. The Morgan fingerprint density at radius 3 is 2.62 bits per heavy atom.